The Labute approximate surface area is 121 Å². The monoisotopic (exact) mass is 293 g/mol. The molecule has 3 unspecified atom stereocenters. The molecular weight excluding hydrogens is 270 g/mol. The van der Waals surface area contributed by atoms with E-state index in [0.29, 0.717) is 10.9 Å². The van der Waals surface area contributed by atoms with Crippen LogP contribution in [-0.2, 0) is 16.3 Å². The van der Waals surface area contributed by atoms with Crippen LogP contribution >= 0.6 is 0 Å². The summed E-state index contributed by atoms with van der Waals surface area (Å²) >= 11 is 0. The van der Waals surface area contributed by atoms with E-state index >= 15 is 0 Å². The van der Waals surface area contributed by atoms with Crippen molar-refractivity contribution in [3.8, 4) is 0 Å². The molecule has 0 bridgehead atoms. The first-order valence-corrected chi connectivity index (χ1v) is 9.45. The number of hydrogen-bond donors (Lipinski definition) is 1. The molecular formula is C16H23NO2S. The van der Waals surface area contributed by atoms with Gasteiger partial charge < -0.3 is 5.32 Å². The van der Waals surface area contributed by atoms with E-state index in [1.165, 1.54) is 44.0 Å². The molecule has 1 N–H and O–H groups in total. The van der Waals surface area contributed by atoms with Crippen LogP contribution in [0.25, 0.3) is 0 Å². The van der Waals surface area contributed by atoms with Crippen LogP contribution in [0.2, 0.25) is 0 Å². The van der Waals surface area contributed by atoms with E-state index in [1.807, 2.05) is 12.1 Å². The van der Waals surface area contributed by atoms with Gasteiger partial charge in [0.05, 0.1) is 4.90 Å². The fourth-order valence-electron chi connectivity index (χ4n) is 3.84. The third-order valence-electron chi connectivity index (χ3n) is 4.97. The van der Waals surface area contributed by atoms with Gasteiger partial charge in [-0.05, 0) is 61.8 Å². The highest BCUT2D eigenvalue weighted by Crippen LogP contribution is 2.38. The number of nitrogens with one attached hydrogen (secondary N) is 1. The summed E-state index contributed by atoms with van der Waals surface area (Å²) in [6.45, 7) is 1.20. The highest BCUT2D eigenvalue weighted by Gasteiger charge is 2.38. The third kappa shape index (κ3) is 2.91. The Morgan fingerprint density at radius 1 is 1.20 bits per heavy atom. The minimum Gasteiger partial charge on any atom is -0.313 e. The van der Waals surface area contributed by atoms with Gasteiger partial charge in [0.1, 0.15) is 0 Å². The van der Waals surface area contributed by atoms with Crippen molar-refractivity contribution in [3.05, 3.63) is 29.8 Å². The van der Waals surface area contributed by atoms with Gasteiger partial charge in [0.15, 0.2) is 9.84 Å². The number of aryl methyl sites for hydroxylation is 1. The summed E-state index contributed by atoms with van der Waals surface area (Å²) in [7, 11) is -3.07. The molecule has 3 nitrogen and oxygen atoms in total. The van der Waals surface area contributed by atoms with Crippen molar-refractivity contribution in [3.63, 3.8) is 0 Å². The predicted molar refractivity (Wildman–Crippen MR) is 80.5 cm³/mol. The average molecular weight is 293 g/mol. The first-order chi connectivity index (χ1) is 9.54. The van der Waals surface area contributed by atoms with E-state index in [-0.39, 0.29) is 0 Å². The van der Waals surface area contributed by atoms with Gasteiger partial charge in [-0.3, -0.25) is 0 Å². The van der Waals surface area contributed by atoms with Crippen LogP contribution < -0.4 is 5.32 Å². The van der Waals surface area contributed by atoms with Crippen molar-refractivity contribution in [1.82, 2.24) is 5.32 Å². The highest BCUT2D eigenvalue weighted by molar-refractivity contribution is 7.90. The van der Waals surface area contributed by atoms with E-state index in [2.05, 4.69) is 5.32 Å². The third-order valence-corrected chi connectivity index (χ3v) is 6.10. The molecule has 0 spiro atoms. The molecule has 20 heavy (non-hydrogen) atoms. The molecule has 1 saturated heterocycles. The number of hydrogen-bond acceptors (Lipinski definition) is 3. The molecule has 1 aliphatic heterocycles. The molecule has 110 valence electrons. The van der Waals surface area contributed by atoms with Crippen molar-refractivity contribution < 1.29 is 8.42 Å². The van der Waals surface area contributed by atoms with E-state index in [0.717, 1.165) is 18.3 Å². The van der Waals surface area contributed by atoms with Crippen LogP contribution in [0.15, 0.2) is 29.2 Å². The van der Waals surface area contributed by atoms with Crippen LogP contribution in [0.5, 0.6) is 0 Å². The highest BCUT2D eigenvalue weighted by atomic mass is 32.2. The summed E-state index contributed by atoms with van der Waals surface area (Å²) < 4.78 is 22.9. The largest absolute Gasteiger partial charge is 0.313 e. The lowest BCUT2D eigenvalue weighted by Crippen LogP contribution is -2.27. The molecule has 1 aromatic carbocycles. The summed E-state index contributed by atoms with van der Waals surface area (Å²) in [5, 5.41) is 3.67. The maximum Gasteiger partial charge on any atom is 0.175 e. The second-order valence-corrected chi connectivity index (χ2v) is 8.34. The fourth-order valence-corrected chi connectivity index (χ4v) is 4.47. The van der Waals surface area contributed by atoms with Gasteiger partial charge in [0, 0.05) is 12.3 Å². The van der Waals surface area contributed by atoms with E-state index in [9.17, 15) is 8.42 Å². The zero-order valence-electron chi connectivity index (χ0n) is 12.0. The quantitative estimate of drug-likeness (QED) is 0.927. The molecule has 0 aromatic heterocycles. The number of fused-ring (bicyclic) bond motifs is 1. The van der Waals surface area contributed by atoms with Crippen molar-refractivity contribution >= 4 is 9.84 Å². The second kappa shape index (κ2) is 5.49. The van der Waals surface area contributed by atoms with Crippen molar-refractivity contribution in [1.29, 1.82) is 0 Å². The van der Waals surface area contributed by atoms with Crippen LogP contribution in [0, 0.1) is 11.8 Å². The van der Waals surface area contributed by atoms with E-state index < -0.39 is 9.84 Å². The Bertz CT molecular complexity index is 565. The van der Waals surface area contributed by atoms with Crippen molar-refractivity contribution in [2.45, 2.75) is 43.0 Å². The van der Waals surface area contributed by atoms with Gasteiger partial charge >= 0.3 is 0 Å². The zero-order valence-corrected chi connectivity index (χ0v) is 12.8. The van der Waals surface area contributed by atoms with E-state index in [1.54, 1.807) is 12.1 Å². The van der Waals surface area contributed by atoms with Crippen LogP contribution in [0.1, 0.15) is 31.2 Å². The Balaban J connectivity index is 1.59. The predicted octanol–water partition coefficient (Wildman–Crippen LogP) is 2.41. The lowest BCUT2D eigenvalue weighted by Gasteiger charge is -2.18. The molecule has 4 heteroatoms. The van der Waals surface area contributed by atoms with Gasteiger partial charge in [-0.15, -0.1) is 0 Å². The van der Waals surface area contributed by atoms with Crippen LogP contribution in [0.3, 0.4) is 0 Å². The summed E-state index contributed by atoms with van der Waals surface area (Å²) in [5.74, 6) is 1.79. The Morgan fingerprint density at radius 3 is 2.65 bits per heavy atom. The van der Waals surface area contributed by atoms with Crippen LogP contribution in [-0.4, -0.2) is 27.3 Å². The van der Waals surface area contributed by atoms with Gasteiger partial charge in [0.2, 0.25) is 0 Å². The van der Waals surface area contributed by atoms with Crippen LogP contribution in [0.4, 0.5) is 0 Å². The maximum absolute atomic E-state index is 11.4. The minimum absolute atomic E-state index is 0.413. The van der Waals surface area contributed by atoms with Crippen molar-refractivity contribution in [2.75, 3.05) is 12.8 Å². The molecule has 0 radical (unpaired) electrons. The Morgan fingerprint density at radius 2 is 1.95 bits per heavy atom. The average Bonchev–Trinajstić information content (AvgIpc) is 2.99. The lowest BCUT2D eigenvalue weighted by atomic mass is 9.90. The second-order valence-electron chi connectivity index (χ2n) is 6.32. The molecule has 3 atom stereocenters. The van der Waals surface area contributed by atoms with Gasteiger partial charge in [-0.2, -0.15) is 0 Å². The molecule has 1 aromatic rings. The number of rotatable bonds is 4. The Hall–Kier alpha value is -0.870. The van der Waals surface area contributed by atoms with Gasteiger partial charge in [0.25, 0.3) is 0 Å². The lowest BCUT2D eigenvalue weighted by molar-refractivity contribution is 0.393. The topological polar surface area (TPSA) is 46.2 Å². The minimum atomic E-state index is -3.07. The van der Waals surface area contributed by atoms with E-state index in [4.69, 9.17) is 0 Å². The summed E-state index contributed by atoms with van der Waals surface area (Å²) in [6.07, 6.45) is 7.64. The van der Waals surface area contributed by atoms with Gasteiger partial charge in [-0.1, -0.05) is 18.6 Å². The first kappa shape index (κ1) is 14.1. The molecule has 1 saturated carbocycles. The molecule has 0 amide bonds. The smallest absolute Gasteiger partial charge is 0.175 e. The zero-order chi connectivity index (χ0) is 14.2. The van der Waals surface area contributed by atoms with Gasteiger partial charge in [-0.25, -0.2) is 8.42 Å². The molecule has 1 aliphatic carbocycles. The number of benzene rings is 1. The summed E-state index contributed by atoms with van der Waals surface area (Å²) in [5.41, 5.74) is 1.24. The molecule has 2 aliphatic rings. The summed E-state index contributed by atoms with van der Waals surface area (Å²) in [6, 6.07) is 8.03. The number of sulfone groups is 1. The fraction of sp³-hybridized carbons (Fsp3) is 0.625. The molecule has 1 heterocycles. The maximum atomic E-state index is 11.4. The SMILES string of the molecule is CS(=O)(=O)c1ccc(CCC2NCC3CCCC32)cc1. The molecule has 2 fully saturated rings. The Kier molecular flexibility index (Phi) is 3.87. The first-order valence-electron chi connectivity index (χ1n) is 7.56. The van der Waals surface area contributed by atoms with Crippen molar-refractivity contribution in [2.24, 2.45) is 11.8 Å². The standard InChI is InChI=1S/C16H23NO2S/c1-20(18,19)14-8-5-12(6-9-14)7-10-16-15-4-2-3-13(15)11-17-16/h5-6,8-9,13,15-17H,2-4,7,10-11H2,1H3. The normalized spacial score (nSPS) is 29.6. The summed E-state index contributed by atoms with van der Waals surface area (Å²) in [4.78, 5) is 0.413. The molecule has 3 rings (SSSR count).